The molecule has 18 heavy (non-hydrogen) atoms. The number of fused-ring (bicyclic) bond motifs is 1. The molecule has 1 aromatic heterocycles. The maximum Gasteiger partial charge on any atom is 0.258 e. The third kappa shape index (κ3) is 2.01. The largest absolute Gasteiger partial charge is 0.316 e. The summed E-state index contributed by atoms with van der Waals surface area (Å²) in [4.78, 5) is 19.1. The van der Waals surface area contributed by atoms with Crippen molar-refractivity contribution in [2.24, 2.45) is 0 Å². The van der Waals surface area contributed by atoms with Crippen LogP contribution in [0.2, 0.25) is 0 Å². The van der Waals surface area contributed by atoms with Crippen molar-refractivity contribution in [2.45, 2.75) is 18.8 Å². The van der Waals surface area contributed by atoms with Gasteiger partial charge in [-0.15, -0.1) is 0 Å². The molecule has 1 unspecified atom stereocenters. The first-order chi connectivity index (χ1) is 8.74. The zero-order chi connectivity index (χ0) is 12.5. The Bertz CT molecular complexity index is 632. The van der Waals surface area contributed by atoms with Gasteiger partial charge in [0.25, 0.3) is 5.56 Å². The van der Waals surface area contributed by atoms with Crippen LogP contribution in [0, 0.1) is 5.82 Å². The average molecular weight is 247 g/mol. The molecule has 1 aromatic carbocycles. The number of aromatic amines is 1. The maximum absolute atomic E-state index is 13.1. The number of halogens is 1. The fourth-order valence-electron chi connectivity index (χ4n) is 2.41. The summed E-state index contributed by atoms with van der Waals surface area (Å²) >= 11 is 0. The summed E-state index contributed by atoms with van der Waals surface area (Å²) < 4.78 is 13.1. The summed E-state index contributed by atoms with van der Waals surface area (Å²) in [5.74, 6) is 0.522. The van der Waals surface area contributed by atoms with E-state index in [2.05, 4.69) is 15.3 Å². The molecular weight excluding hydrogens is 233 g/mol. The van der Waals surface area contributed by atoms with Crippen LogP contribution in [-0.2, 0) is 0 Å². The second-order valence-electron chi connectivity index (χ2n) is 4.66. The van der Waals surface area contributed by atoms with E-state index in [9.17, 15) is 9.18 Å². The molecule has 4 nitrogen and oxygen atoms in total. The Hall–Kier alpha value is -1.75. The molecule has 94 valence electrons. The summed E-state index contributed by atoms with van der Waals surface area (Å²) in [6.07, 6.45) is 2.10. The molecule has 2 aromatic rings. The first kappa shape index (κ1) is 11.3. The molecule has 1 aliphatic rings. The molecule has 5 heteroatoms. The van der Waals surface area contributed by atoms with Gasteiger partial charge in [0.1, 0.15) is 11.6 Å². The molecule has 3 rings (SSSR count). The Balaban J connectivity index is 2.09. The molecule has 0 bridgehead atoms. The highest BCUT2D eigenvalue weighted by Crippen LogP contribution is 2.20. The number of rotatable bonds is 1. The van der Waals surface area contributed by atoms with Crippen LogP contribution in [-0.4, -0.2) is 23.1 Å². The predicted molar refractivity (Wildman–Crippen MR) is 67.2 cm³/mol. The van der Waals surface area contributed by atoms with E-state index in [0.29, 0.717) is 16.7 Å². The van der Waals surface area contributed by atoms with E-state index >= 15 is 0 Å². The highest BCUT2D eigenvalue weighted by atomic mass is 19.1. The molecule has 0 spiro atoms. The van der Waals surface area contributed by atoms with Crippen molar-refractivity contribution in [3.05, 3.63) is 40.2 Å². The molecule has 1 saturated heterocycles. The molecule has 1 fully saturated rings. The van der Waals surface area contributed by atoms with Crippen molar-refractivity contribution in [3.8, 4) is 0 Å². The van der Waals surface area contributed by atoms with Crippen LogP contribution in [0.1, 0.15) is 24.6 Å². The Kier molecular flexibility index (Phi) is 2.83. The number of hydrogen-bond donors (Lipinski definition) is 2. The zero-order valence-corrected chi connectivity index (χ0v) is 9.87. The van der Waals surface area contributed by atoms with Gasteiger partial charge in [0, 0.05) is 12.5 Å². The SMILES string of the molecule is O=c1[nH]c(C2CCCNC2)nc2ccc(F)cc12. The lowest BCUT2D eigenvalue weighted by atomic mass is 9.99. The van der Waals surface area contributed by atoms with Crippen LogP contribution in [0.15, 0.2) is 23.0 Å². The van der Waals surface area contributed by atoms with Crippen LogP contribution in [0.5, 0.6) is 0 Å². The van der Waals surface area contributed by atoms with E-state index < -0.39 is 5.82 Å². The summed E-state index contributed by atoms with van der Waals surface area (Å²) in [5, 5.41) is 3.60. The molecule has 0 amide bonds. The number of piperidine rings is 1. The monoisotopic (exact) mass is 247 g/mol. The van der Waals surface area contributed by atoms with Crippen LogP contribution in [0.4, 0.5) is 4.39 Å². The van der Waals surface area contributed by atoms with Crippen LogP contribution in [0.25, 0.3) is 10.9 Å². The third-order valence-electron chi connectivity index (χ3n) is 3.37. The normalized spacial score (nSPS) is 20.2. The summed E-state index contributed by atoms with van der Waals surface area (Å²) in [5.41, 5.74) is 0.292. The second kappa shape index (κ2) is 4.49. The molecule has 1 aliphatic heterocycles. The van der Waals surface area contributed by atoms with E-state index in [1.165, 1.54) is 12.1 Å². The zero-order valence-electron chi connectivity index (χ0n) is 9.87. The molecule has 0 saturated carbocycles. The average Bonchev–Trinajstić information content (AvgIpc) is 2.40. The van der Waals surface area contributed by atoms with E-state index in [0.717, 1.165) is 25.9 Å². The topological polar surface area (TPSA) is 57.8 Å². The van der Waals surface area contributed by atoms with Crippen molar-refractivity contribution in [1.82, 2.24) is 15.3 Å². The Morgan fingerprint density at radius 2 is 2.28 bits per heavy atom. The highest BCUT2D eigenvalue weighted by molar-refractivity contribution is 5.77. The quantitative estimate of drug-likeness (QED) is 0.803. The minimum atomic E-state index is -0.415. The van der Waals surface area contributed by atoms with Crippen molar-refractivity contribution < 1.29 is 4.39 Å². The fraction of sp³-hybridized carbons (Fsp3) is 0.385. The van der Waals surface area contributed by atoms with Crippen LogP contribution >= 0.6 is 0 Å². The van der Waals surface area contributed by atoms with Gasteiger partial charge in [-0.25, -0.2) is 9.37 Å². The Labute approximate surface area is 103 Å². The van der Waals surface area contributed by atoms with Gasteiger partial charge in [-0.2, -0.15) is 0 Å². The number of benzene rings is 1. The van der Waals surface area contributed by atoms with Crippen molar-refractivity contribution in [3.63, 3.8) is 0 Å². The summed E-state index contributed by atoms with van der Waals surface area (Å²) in [6.45, 7) is 1.84. The van der Waals surface area contributed by atoms with E-state index in [-0.39, 0.29) is 11.5 Å². The van der Waals surface area contributed by atoms with Crippen LogP contribution < -0.4 is 10.9 Å². The number of hydrogen-bond acceptors (Lipinski definition) is 3. The fourth-order valence-corrected chi connectivity index (χ4v) is 2.41. The van der Waals surface area contributed by atoms with E-state index in [1.807, 2.05) is 0 Å². The number of aromatic nitrogens is 2. The summed E-state index contributed by atoms with van der Waals surface area (Å²) in [6, 6.07) is 4.11. The number of nitrogens with zero attached hydrogens (tertiary/aromatic N) is 1. The van der Waals surface area contributed by atoms with Gasteiger partial charge in [0.05, 0.1) is 10.9 Å². The first-order valence-corrected chi connectivity index (χ1v) is 6.14. The smallest absolute Gasteiger partial charge is 0.258 e. The number of H-pyrrole nitrogens is 1. The Morgan fingerprint density at radius 3 is 3.06 bits per heavy atom. The van der Waals surface area contributed by atoms with Crippen molar-refractivity contribution in [1.29, 1.82) is 0 Å². The van der Waals surface area contributed by atoms with Gasteiger partial charge in [0.15, 0.2) is 0 Å². The molecule has 2 heterocycles. The van der Waals surface area contributed by atoms with Gasteiger partial charge in [-0.1, -0.05) is 0 Å². The van der Waals surface area contributed by atoms with Gasteiger partial charge in [-0.05, 0) is 37.6 Å². The predicted octanol–water partition coefficient (Wildman–Crippen LogP) is 1.53. The molecule has 0 aliphatic carbocycles. The molecule has 2 N–H and O–H groups in total. The molecular formula is C13H14FN3O. The lowest BCUT2D eigenvalue weighted by Gasteiger charge is -2.21. The van der Waals surface area contributed by atoms with Gasteiger partial charge >= 0.3 is 0 Å². The van der Waals surface area contributed by atoms with Gasteiger partial charge < -0.3 is 10.3 Å². The first-order valence-electron chi connectivity index (χ1n) is 6.14. The second-order valence-corrected chi connectivity index (χ2v) is 4.66. The van der Waals surface area contributed by atoms with Crippen molar-refractivity contribution in [2.75, 3.05) is 13.1 Å². The molecule has 0 radical (unpaired) electrons. The van der Waals surface area contributed by atoms with E-state index in [4.69, 9.17) is 0 Å². The number of nitrogens with one attached hydrogen (secondary N) is 2. The van der Waals surface area contributed by atoms with Gasteiger partial charge in [-0.3, -0.25) is 4.79 Å². The van der Waals surface area contributed by atoms with Crippen LogP contribution in [0.3, 0.4) is 0 Å². The standard InChI is InChI=1S/C13H14FN3O/c14-9-3-4-11-10(6-9)13(18)17-12(16-11)8-2-1-5-15-7-8/h3-4,6,8,15H,1-2,5,7H2,(H,16,17,18). The minimum absolute atomic E-state index is 0.237. The third-order valence-corrected chi connectivity index (χ3v) is 3.37. The highest BCUT2D eigenvalue weighted by Gasteiger charge is 2.18. The summed E-state index contributed by atoms with van der Waals surface area (Å²) in [7, 11) is 0. The maximum atomic E-state index is 13.1. The lowest BCUT2D eigenvalue weighted by Crippen LogP contribution is -2.30. The Morgan fingerprint density at radius 1 is 1.39 bits per heavy atom. The van der Waals surface area contributed by atoms with Gasteiger partial charge in [0.2, 0.25) is 0 Å². The minimum Gasteiger partial charge on any atom is -0.316 e. The van der Waals surface area contributed by atoms with Crippen molar-refractivity contribution >= 4 is 10.9 Å². The lowest BCUT2D eigenvalue weighted by molar-refractivity contribution is 0.447. The van der Waals surface area contributed by atoms with E-state index in [1.54, 1.807) is 6.07 Å². The molecule has 1 atom stereocenters.